The number of carbonyl (C=O) groups excluding carboxylic acids is 3. The van der Waals surface area contributed by atoms with Crippen LogP contribution in [0.25, 0.3) is 0 Å². The maximum atomic E-state index is 11.8. The Labute approximate surface area is 126 Å². The van der Waals surface area contributed by atoms with Crippen molar-refractivity contribution in [2.24, 2.45) is 0 Å². The molecule has 0 spiro atoms. The minimum Gasteiger partial charge on any atom is -0.351 e. The predicted octanol–water partition coefficient (Wildman–Crippen LogP) is 0.618. The molecule has 0 saturated carbocycles. The SMILES string of the molecule is CCc1nc(C)sc1CNC(=O)CC[C@@H]1NC(=O)NC1=O. The van der Waals surface area contributed by atoms with Gasteiger partial charge in [-0.05, 0) is 19.8 Å². The number of thiazole rings is 1. The van der Waals surface area contributed by atoms with E-state index in [1.165, 1.54) is 0 Å². The number of imide groups is 1. The molecule has 0 bridgehead atoms. The summed E-state index contributed by atoms with van der Waals surface area (Å²) in [4.78, 5) is 39.5. The fourth-order valence-electron chi connectivity index (χ4n) is 2.13. The number of urea groups is 1. The molecule has 7 nitrogen and oxygen atoms in total. The third-order valence-electron chi connectivity index (χ3n) is 3.18. The van der Waals surface area contributed by atoms with Gasteiger partial charge in [0.25, 0.3) is 5.91 Å². The van der Waals surface area contributed by atoms with E-state index in [9.17, 15) is 14.4 Å². The summed E-state index contributed by atoms with van der Waals surface area (Å²) < 4.78 is 0. The zero-order valence-electron chi connectivity index (χ0n) is 12.0. The van der Waals surface area contributed by atoms with Crippen LogP contribution in [-0.2, 0) is 22.6 Å². The number of hydrogen-bond donors (Lipinski definition) is 3. The molecule has 0 radical (unpaired) electrons. The number of nitrogens with zero attached hydrogens (tertiary/aromatic N) is 1. The topological polar surface area (TPSA) is 100 Å². The van der Waals surface area contributed by atoms with Gasteiger partial charge in [0.1, 0.15) is 6.04 Å². The summed E-state index contributed by atoms with van der Waals surface area (Å²) in [6.45, 7) is 4.43. The highest BCUT2D eigenvalue weighted by Gasteiger charge is 2.29. The molecule has 21 heavy (non-hydrogen) atoms. The Bertz CT molecular complexity index is 570. The summed E-state index contributed by atoms with van der Waals surface area (Å²) in [5, 5.41) is 8.42. The molecule has 1 aliphatic rings. The number of carbonyl (C=O) groups is 3. The average molecular weight is 310 g/mol. The lowest BCUT2D eigenvalue weighted by Crippen LogP contribution is -2.31. The van der Waals surface area contributed by atoms with Gasteiger partial charge in [0.05, 0.1) is 17.2 Å². The number of rotatable bonds is 6. The Balaban J connectivity index is 1.77. The second kappa shape index (κ2) is 6.66. The van der Waals surface area contributed by atoms with Crippen LogP contribution < -0.4 is 16.0 Å². The van der Waals surface area contributed by atoms with Gasteiger partial charge in [0.2, 0.25) is 5.91 Å². The van der Waals surface area contributed by atoms with Crippen LogP contribution in [0.4, 0.5) is 4.79 Å². The van der Waals surface area contributed by atoms with E-state index < -0.39 is 12.1 Å². The zero-order chi connectivity index (χ0) is 15.4. The highest BCUT2D eigenvalue weighted by molar-refractivity contribution is 7.11. The van der Waals surface area contributed by atoms with E-state index in [-0.39, 0.29) is 18.2 Å². The van der Waals surface area contributed by atoms with Crippen molar-refractivity contribution >= 4 is 29.2 Å². The zero-order valence-corrected chi connectivity index (χ0v) is 12.8. The number of amides is 4. The van der Waals surface area contributed by atoms with E-state index >= 15 is 0 Å². The van der Waals surface area contributed by atoms with Gasteiger partial charge in [-0.25, -0.2) is 9.78 Å². The maximum absolute atomic E-state index is 11.8. The fraction of sp³-hybridized carbons (Fsp3) is 0.538. The van der Waals surface area contributed by atoms with Gasteiger partial charge in [-0.15, -0.1) is 11.3 Å². The molecule has 3 N–H and O–H groups in total. The lowest BCUT2D eigenvalue weighted by atomic mass is 10.1. The number of hydrogen-bond acceptors (Lipinski definition) is 5. The smallest absolute Gasteiger partial charge is 0.322 e. The lowest BCUT2D eigenvalue weighted by molar-refractivity contribution is -0.122. The Morgan fingerprint density at radius 3 is 2.81 bits per heavy atom. The van der Waals surface area contributed by atoms with Crippen molar-refractivity contribution in [1.29, 1.82) is 0 Å². The molecule has 1 aromatic heterocycles. The Hall–Kier alpha value is -1.96. The third kappa shape index (κ3) is 4.01. The predicted molar refractivity (Wildman–Crippen MR) is 77.8 cm³/mol. The van der Waals surface area contributed by atoms with Crippen LogP contribution in [0.3, 0.4) is 0 Å². The van der Waals surface area contributed by atoms with Gasteiger partial charge in [0.15, 0.2) is 0 Å². The molecule has 1 saturated heterocycles. The molecule has 1 aromatic rings. The molecule has 8 heteroatoms. The van der Waals surface area contributed by atoms with Crippen LogP contribution in [0.1, 0.15) is 35.3 Å². The second-order valence-corrected chi connectivity index (χ2v) is 6.07. The van der Waals surface area contributed by atoms with Crippen molar-refractivity contribution in [1.82, 2.24) is 20.9 Å². The van der Waals surface area contributed by atoms with Crippen LogP contribution in [0.15, 0.2) is 0 Å². The largest absolute Gasteiger partial charge is 0.351 e. The Morgan fingerprint density at radius 1 is 1.43 bits per heavy atom. The standard InChI is InChI=1S/C13H18N4O3S/c1-3-8-10(21-7(2)15-8)6-14-11(18)5-4-9-12(19)17-13(20)16-9/h9H,3-6H2,1-2H3,(H,14,18)(H2,16,17,19,20)/t9-/m0/s1. The van der Waals surface area contributed by atoms with Crippen molar-refractivity contribution in [3.05, 3.63) is 15.6 Å². The minimum atomic E-state index is -0.611. The summed E-state index contributed by atoms with van der Waals surface area (Å²) in [6, 6.07) is -1.11. The molecule has 1 aliphatic heterocycles. The van der Waals surface area contributed by atoms with E-state index in [1.807, 2.05) is 13.8 Å². The molecular formula is C13H18N4O3S. The molecule has 0 aromatic carbocycles. The number of aromatic nitrogens is 1. The van der Waals surface area contributed by atoms with E-state index in [1.54, 1.807) is 11.3 Å². The first-order chi connectivity index (χ1) is 9.99. The number of aryl methyl sites for hydroxylation is 2. The highest BCUT2D eigenvalue weighted by Crippen LogP contribution is 2.18. The summed E-state index contributed by atoms with van der Waals surface area (Å²) >= 11 is 1.58. The Morgan fingerprint density at radius 2 is 2.19 bits per heavy atom. The first kappa shape index (κ1) is 15.4. The maximum Gasteiger partial charge on any atom is 0.322 e. The molecule has 114 valence electrons. The second-order valence-electron chi connectivity index (χ2n) is 4.79. The highest BCUT2D eigenvalue weighted by atomic mass is 32.1. The first-order valence-electron chi connectivity index (χ1n) is 6.82. The molecule has 4 amide bonds. The van der Waals surface area contributed by atoms with Crippen molar-refractivity contribution in [2.45, 2.75) is 45.7 Å². The van der Waals surface area contributed by atoms with Gasteiger partial charge in [0, 0.05) is 11.3 Å². The summed E-state index contributed by atoms with van der Waals surface area (Å²) in [6.07, 6.45) is 1.33. The van der Waals surface area contributed by atoms with E-state index in [0.29, 0.717) is 13.0 Å². The molecule has 2 heterocycles. The Kier molecular flexibility index (Phi) is 4.89. The normalized spacial score (nSPS) is 17.5. The summed E-state index contributed by atoms with van der Waals surface area (Å²) in [5.41, 5.74) is 1.01. The fourth-order valence-corrected chi connectivity index (χ4v) is 3.10. The van der Waals surface area contributed by atoms with Crippen molar-refractivity contribution in [2.75, 3.05) is 0 Å². The van der Waals surface area contributed by atoms with Crippen LogP contribution in [-0.4, -0.2) is 28.9 Å². The minimum absolute atomic E-state index is 0.142. The van der Waals surface area contributed by atoms with Gasteiger partial charge >= 0.3 is 6.03 Å². The van der Waals surface area contributed by atoms with Crippen molar-refractivity contribution in [3.8, 4) is 0 Å². The number of nitrogens with one attached hydrogen (secondary N) is 3. The van der Waals surface area contributed by atoms with E-state index in [0.717, 1.165) is 22.0 Å². The van der Waals surface area contributed by atoms with Crippen LogP contribution in [0, 0.1) is 6.92 Å². The van der Waals surface area contributed by atoms with Crippen LogP contribution in [0.2, 0.25) is 0 Å². The van der Waals surface area contributed by atoms with Crippen LogP contribution >= 0.6 is 11.3 Å². The average Bonchev–Trinajstić information content (AvgIpc) is 2.95. The van der Waals surface area contributed by atoms with E-state index in [4.69, 9.17) is 0 Å². The molecule has 0 unspecified atom stereocenters. The van der Waals surface area contributed by atoms with Crippen LogP contribution in [0.5, 0.6) is 0 Å². The van der Waals surface area contributed by atoms with Gasteiger partial charge in [-0.3, -0.25) is 14.9 Å². The molecular weight excluding hydrogens is 292 g/mol. The van der Waals surface area contributed by atoms with Crippen molar-refractivity contribution < 1.29 is 14.4 Å². The molecule has 1 atom stereocenters. The van der Waals surface area contributed by atoms with Gasteiger partial charge < -0.3 is 10.6 Å². The van der Waals surface area contributed by atoms with E-state index in [2.05, 4.69) is 20.9 Å². The molecule has 2 rings (SSSR count). The first-order valence-corrected chi connectivity index (χ1v) is 7.64. The third-order valence-corrected chi connectivity index (χ3v) is 4.20. The monoisotopic (exact) mass is 310 g/mol. The summed E-state index contributed by atoms with van der Waals surface area (Å²) in [7, 11) is 0. The quantitative estimate of drug-likeness (QED) is 0.670. The van der Waals surface area contributed by atoms with Crippen molar-refractivity contribution in [3.63, 3.8) is 0 Å². The lowest BCUT2D eigenvalue weighted by Gasteiger charge is -2.07. The van der Waals surface area contributed by atoms with Gasteiger partial charge in [-0.2, -0.15) is 0 Å². The molecule has 1 fully saturated rings. The molecule has 0 aliphatic carbocycles. The summed E-state index contributed by atoms with van der Waals surface area (Å²) in [5.74, 6) is -0.517. The van der Waals surface area contributed by atoms with Gasteiger partial charge in [-0.1, -0.05) is 6.92 Å².